The van der Waals surface area contributed by atoms with Gasteiger partial charge in [-0.15, -0.1) is 11.3 Å². The van der Waals surface area contributed by atoms with E-state index in [0.29, 0.717) is 13.0 Å². The number of nitrogens with one attached hydrogen (secondary N) is 1. The Labute approximate surface area is 111 Å². The molecule has 1 atom stereocenters. The first-order valence-corrected chi connectivity index (χ1v) is 6.83. The fourth-order valence-corrected chi connectivity index (χ4v) is 2.67. The smallest absolute Gasteiger partial charge is 0.108 e. The van der Waals surface area contributed by atoms with E-state index in [1.54, 1.807) is 18.4 Å². The van der Waals surface area contributed by atoms with Crippen LogP contribution in [-0.4, -0.2) is 36.5 Å². The molecule has 1 heterocycles. The number of aliphatic hydroxyl groups excluding tert-OH is 1. The van der Waals surface area contributed by atoms with Gasteiger partial charge in [-0.25, -0.2) is 4.98 Å². The van der Waals surface area contributed by atoms with Crippen molar-refractivity contribution < 1.29 is 9.84 Å². The minimum atomic E-state index is -0.391. The SMILES string of the molecule is COCC(O)CCNCc1nc2ccccc2s1. The highest BCUT2D eigenvalue weighted by molar-refractivity contribution is 7.18. The standard InChI is InChI=1S/C13H18N2O2S/c1-17-9-10(16)6-7-14-8-13-15-11-4-2-3-5-12(11)18-13/h2-5,10,14,16H,6-9H2,1H3. The molecule has 18 heavy (non-hydrogen) atoms. The van der Waals surface area contributed by atoms with Crippen LogP contribution in [0.4, 0.5) is 0 Å². The van der Waals surface area contributed by atoms with E-state index in [2.05, 4.69) is 16.4 Å². The molecule has 0 aliphatic carbocycles. The number of rotatable bonds is 7. The second kappa shape index (κ2) is 6.80. The van der Waals surface area contributed by atoms with E-state index in [1.807, 2.05) is 18.2 Å². The zero-order chi connectivity index (χ0) is 12.8. The summed E-state index contributed by atoms with van der Waals surface area (Å²) >= 11 is 1.71. The van der Waals surface area contributed by atoms with Gasteiger partial charge in [0.05, 0.1) is 22.9 Å². The Balaban J connectivity index is 1.76. The lowest BCUT2D eigenvalue weighted by Gasteiger charge is -2.08. The van der Waals surface area contributed by atoms with Crippen LogP contribution in [0.2, 0.25) is 0 Å². The lowest BCUT2D eigenvalue weighted by atomic mass is 10.3. The van der Waals surface area contributed by atoms with E-state index in [4.69, 9.17) is 4.74 Å². The molecule has 0 aliphatic rings. The van der Waals surface area contributed by atoms with Gasteiger partial charge in [-0.3, -0.25) is 0 Å². The van der Waals surface area contributed by atoms with Crippen molar-refractivity contribution in [1.29, 1.82) is 0 Å². The van der Waals surface area contributed by atoms with Crippen LogP contribution in [0.1, 0.15) is 11.4 Å². The third kappa shape index (κ3) is 3.74. The number of methoxy groups -OCH3 is 1. The molecule has 1 aromatic carbocycles. The van der Waals surface area contributed by atoms with E-state index in [0.717, 1.165) is 23.6 Å². The Hall–Kier alpha value is -1.01. The number of hydrogen-bond acceptors (Lipinski definition) is 5. The van der Waals surface area contributed by atoms with Crippen molar-refractivity contribution in [1.82, 2.24) is 10.3 Å². The number of benzene rings is 1. The minimum absolute atomic E-state index is 0.391. The molecule has 0 aliphatic heterocycles. The Kier molecular flexibility index (Phi) is 5.07. The summed E-state index contributed by atoms with van der Waals surface area (Å²) in [4.78, 5) is 4.53. The Morgan fingerprint density at radius 1 is 1.44 bits per heavy atom. The third-order valence-corrected chi connectivity index (χ3v) is 3.66. The topological polar surface area (TPSA) is 54.4 Å². The molecule has 98 valence electrons. The van der Waals surface area contributed by atoms with Gasteiger partial charge in [0.2, 0.25) is 0 Å². The van der Waals surface area contributed by atoms with Crippen LogP contribution >= 0.6 is 11.3 Å². The van der Waals surface area contributed by atoms with E-state index < -0.39 is 6.10 Å². The van der Waals surface area contributed by atoms with Crippen molar-refractivity contribution >= 4 is 21.6 Å². The molecular formula is C13H18N2O2S. The molecule has 5 heteroatoms. The molecule has 2 aromatic rings. The molecule has 0 saturated carbocycles. The summed E-state index contributed by atoms with van der Waals surface area (Å²) in [6.07, 6.45) is 0.302. The second-order valence-electron chi connectivity index (χ2n) is 4.15. The summed E-state index contributed by atoms with van der Waals surface area (Å²) in [7, 11) is 1.60. The van der Waals surface area contributed by atoms with Gasteiger partial charge in [0.15, 0.2) is 0 Å². The zero-order valence-corrected chi connectivity index (χ0v) is 11.2. The highest BCUT2D eigenvalue weighted by Crippen LogP contribution is 2.21. The molecule has 4 nitrogen and oxygen atoms in total. The average molecular weight is 266 g/mol. The normalized spacial score (nSPS) is 13.0. The number of aromatic nitrogens is 1. The van der Waals surface area contributed by atoms with Crippen LogP contribution in [0.3, 0.4) is 0 Å². The van der Waals surface area contributed by atoms with Crippen LogP contribution in [-0.2, 0) is 11.3 Å². The first-order valence-electron chi connectivity index (χ1n) is 6.02. The van der Waals surface area contributed by atoms with Gasteiger partial charge in [0.25, 0.3) is 0 Å². The fourth-order valence-electron chi connectivity index (χ4n) is 1.74. The molecule has 0 bridgehead atoms. The quantitative estimate of drug-likeness (QED) is 0.750. The highest BCUT2D eigenvalue weighted by Gasteiger charge is 2.04. The summed E-state index contributed by atoms with van der Waals surface area (Å²) in [5.41, 5.74) is 1.05. The van der Waals surface area contributed by atoms with Crippen molar-refractivity contribution in [3.05, 3.63) is 29.3 Å². The monoisotopic (exact) mass is 266 g/mol. The van der Waals surface area contributed by atoms with E-state index >= 15 is 0 Å². The molecule has 2 N–H and O–H groups in total. The van der Waals surface area contributed by atoms with Gasteiger partial charge in [-0.2, -0.15) is 0 Å². The number of hydrogen-bond donors (Lipinski definition) is 2. The first kappa shape index (κ1) is 13.4. The highest BCUT2D eigenvalue weighted by atomic mass is 32.1. The van der Waals surface area contributed by atoms with Crippen LogP contribution < -0.4 is 5.32 Å². The number of fused-ring (bicyclic) bond motifs is 1. The summed E-state index contributed by atoms with van der Waals surface area (Å²) in [6.45, 7) is 1.91. The molecule has 0 radical (unpaired) electrons. The number of ether oxygens (including phenoxy) is 1. The van der Waals surface area contributed by atoms with Crippen molar-refractivity contribution in [3.63, 3.8) is 0 Å². The third-order valence-electron chi connectivity index (χ3n) is 2.63. The summed E-state index contributed by atoms with van der Waals surface area (Å²) in [6, 6.07) is 8.13. The van der Waals surface area contributed by atoms with E-state index in [9.17, 15) is 5.11 Å². The maximum atomic E-state index is 9.48. The predicted octanol–water partition coefficient (Wildman–Crippen LogP) is 1.78. The van der Waals surface area contributed by atoms with Gasteiger partial charge in [0.1, 0.15) is 5.01 Å². The summed E-state index contributed by atoms with van der Waals surface area (Å²) in [5.74, 6) is 0. The molecule has 2 rings (SSSR count). The zero-order valence-electron chi connectivity index (χ0n) is 10.4. The molecule has 0 saturated heterocycles. The Bertz CT molecular complexity index is 454. The second-order valence-corrected chi connectivity index (χ2v) is 5.27. The van der Waals surface area contributed by atoms with E-state index in [-0.39, 0.29) is 0 Å². The summed E-state index contributed by atoms with van der Waals surface area (Å²) in [5, 5.41) is 13.8. The maximum Gasteiger partial charge on any atom is 0.108 e. The average Bonchev–Trinajstić information content (AvgIpc) is 2.77. The van der Waals surface area contributed by atoms with Crippen molar-refractivity contribution in [2.75, 3.05) is 20.3 Å². The van der Waals surface area contributed by atoms with Crippen LogP contribution in [0.5, 0.6) is 0 Å². The number of thiazole rings is 1. The largest absolute Gasteiger partial charge is 0.391 e. The van der Waals surface area contributed by atoms with E-state index in [1.165, 1.54) is 4.70 Å². The van der Waals surface area contributed by atoms with Gasteiger partial charge in [-0.1, -0.05) is 12.1 Å². The molecule has 1 unspecified atom stereocenters. The molecule has 0 spiro atoms. The van der Waals surface area contributed by atoms with Crippen molar-refractivity contribution in [2.45, 2.75) is 19.1 Å². The molecule has 1 aromatic heterocycles. The van der Waals surface area contributed by atoms with Crippen molar-refractivity contribution in [3.8, 4) is 0 Å². The Morgan fingerprint density at radius 3 is 3.06 bits per heavy atom. The Morgan fingerprint density at radius 2 is 2.28 bits per heavy atom. The number of nitrogens with zero attached hydrogens (tertiary/aromatic N) is 1. The lowest BCUT2D eigenvalue weighted by molar-refractivity contribution is 0.0594. The number of para-hydroxylation sites is 1. The van der Waals surface area contributed by atoms with Crippen LogP contribution in [0.15, 0.2) is 24.3 Å². The molecule has 0 fully saturated rings. The van der Waals surface area contributed by atoms with Crippen LogP contribution in [0, 0.1) is 0 Å². The van der Waals surface area contributed by atoms with Crippen molar-refractivity contribution in [2.24, 2.45) is 0 Å². The first-order chi connectivity index (χ1) is 8.79. The molecular weight excluding hydrogens is 248 g/mol. The molecule has 0 amide bonds. The fraction of sp³-hybridized carbons (Fsp3) is 0.462. The van der Waals surface area contributed by atoms with Gasteiger partial charge in [0, 0.05) is 13.7 Å². The van der Waals surface area contributed by atoms with Gasteiger partial charge < -0.3 is 15.2 Å². The van der Waals surface area contributed by atoms with Gasteiger partial charge >= 0.3 is 0 Å². The van der Waals surface area contributed by atoms with Crippen LogP contribution in [0.25, 0.3) is 10.2 Å². The minimum Gasteiger partial charge on any atom is -0.391 e. The summed E-state index contributed by atoms with van der Waals surface area (Å²) < 4.78 is 6.09. The lowest BCUT2D eigenvalue weighted by Crippen LogP contribution is -2.22. The number of aliphatic hydroxyl groups is 1. The maximum absolute atomic E-state index is 9.48. The van der Waals surface area contributed by atoms with Gasteiger partial charge in [-0.05, 0) is 25.1 Å². The predicted molar refractivity (Wildman–Crippen MR) is 73.8 cm³/mol.